The Morgan fingerprint density at radius 1 is 1.31 bits per heavy atom. The summed E-state index contributed by atoms with van der Waals surface area (Å²) in [5, 5.41) is 2.83. The molecule has 2 rings (SSSR count). The van der Waals surface area contributed by atoms with Crippen LogP contribution in [0.15, 0.2) is 45.6 Å². The van der Waals surface area contributed by atoms with Crippen molar-refractivity contribution >= 4 is 5.91 Å². The molecule has 0 aromatic carbocycles. The number of hydrogen-bond acceptors (Lipinski definition) is 3. The van der Waals surface area contributed by atoms with Crippen molar-refractivity contribution in [1.29, 1.82) is 0 Å². The van der Waals surface area contributed by atoms with Gasteiger partial charge in [-0.05, 0) is 31.2 Å². The Morgan fingerprint density at radius 2 is 2.06 bits per heavy atom. The molecule has 1 amide bonds. The van der Waals surface area contributed by atoms with Crippen molar-refractivity contribution in [1.82, 2.24) is 5.32 Å². The van der Waals surface area contributed by atoms with Crippen LogP contribution in [-0.2, 0) is 6.42 Å². The number of nitrogens with one attached hydrogen (secondary N) is 1. The van der Waals surface area contributed by atoms with Gasteiger partial charge in [0.15, 0.2) is 5.76 Å². The molecule has 0 fully saturated rings. The predicted molar refractivity (Wildman–Crippen MR) is 58.0 cm³/mol. The minimum atomic E-state index is -0.205. The van der Waals surface area contributed by atoms with E-state index >= 15 is 0 Å². The molecule has 0 saturated heterocycles. The minimum Gasteiger partial charge on any atom is -0.469 e. The minimum absolute atomic E-state index is 0.00347. The van der Waals surface area contributed by atoms with Gasteiger partial charge >= 0.3 is 0 Å². The van der Waals surface area contributed by atoms with Gasteiger partial charge in [-0.3, -0.25) is 4.79 Å². The highest BCUT2D eigenvalue weighted by Crippen LogP contribution is 2.05. The maximum Gasteiger partial charge on any atom is 0.287 e. The van der Waals surface area contributed by atoms with Gasteiger partial charge in [0, 0.05) is 12.5 Å². The molecule has 2 heterocycles. The second kappa shape index (κ2) is 4.70. The Morgan fingerprint density at radius 3 is 2.69 bits per heavy atom. The monoisotopic (exact) mass is 219 g/mol. The maximum atomic E-state index is 11.6. The number of furan rings is 2. The highest BCUT2D eigenvalue weighted by molar-refractivity contribution is 5.91. The summed E-state index contributed by atoms with van der Waals surface area (Å²) in [6.07, 6.45) is 3.77. The van der Waals surface area contributed by atoms with Crippen molar-refractivity contribution in [3.63, 3.8) is 0 Å². The molecular formula is C12H13NO3. The third-order valence-corrected chi connectivity index (χ3v) is 2.21. The zero-order valence-electron chi connectivity index (χ0n) is 8.97. The van der Waals surface area contributed by atoms with Gasteiger partial charge < -0.3 is 14.2 Å². The van der Waals surface area contributed by atoms with Crippen molar-refractivity contribution in [3.8, 4) is 0 Å². The fourth-order valence-corrected chi connectivity index (χ4v) is 1.48. The van der Waals surface area contributed by atoms with E-state index in [-0.39, 0.29) is 11.9 Å². The highest BCUT2D eigenvalue weighted by atomic mass is 16.3. The molecule has 4 heteroatoms. The third kappa shape index (κ3) is 2.53. The van der Waals surface area contributed by atoms with E-state index in [0.29, 0.717) is 12.2 Å². The normalized spacial score (nSPS) is 12.3. The van der Waals surface area contributed by atoms with Gasteiger partial charge in [0.25, 0.3) is 5.91 Å². The fraction of sp³-hybridized carbons (Fsp3) is 0.250. The Kier molecular flexibility index (Phi) is 3.10. The molecule has 0 aliphatic rings. The second-order valence-corrected chi connectivity index (χ2v) is 3.64. The van der Waals surface area contributed by atoms with Crippen molar-refractivity contribution in [2.24, 2.45) is 0 Å². The molecule has 0 saturated carbocycles. The van der Waals surface area contributed by atoms with E-state index < -0.39 is 0 Å². The van der Waals surface area contributed by atoms with Crippen LogP contribution in [0.1, 0.15) is 23.2 Å². The van der Waals surface area contributed by atoms with E-state index in [2.05, 4.69) is 5.32 Å². The predicted octanol–water partition coefficient (Wildman–Crippen LogP) is 2.23. The molecular weight excluding hydrogens is 206 g/mol. The van der Waals surface area contributed by atoms with Crippen LogP contribution < -0.4 is 5.32 Å². The molecule has 1 atom stereocenters. The summed E-state index contributed by atoms with van der Waals surface area (Å²) in [5.74, 6) is 0.975. The molecule has 84 valence electrons. The third-order valence-electron chi connectivity index (χ3n) is 2.21. The highest BCUT2D eigenvalue weighted by Gasteiger charge is 2.12. The Hall–Kier alpha value is -1.97. The van der Waals surface area contributed by atoms with Crippen LogP contribution in [0, 0.1) is 0 Å². The average Bonchev–Trinajstić information content (AvgIpc) is 2.88. The molecule has 0 bridgehead atoms. The Balaban J connectivity index is 1.88. The lowest BCUT2D eigenvalue weighted by molar-refractivity contribution is 0.0911. The summed E-state index contributed by atoms with van der Waals surface area (Å²) >= 11 is 0. The van der Waals surface area contributed by atoms with E-state index in [9.17, 15) is 4.79 Å². The largest absolute Gasteiger partial charge is 0.469 e. The lowest BCUT2D eigenvalue weighted by atomic mass is 10.2. The first-order valence-electron chi connectivity index (χ1n) is 5.12. The van der Waals surface area contributed by atoms with Crippen LogP contribution in [0.2, 0.25) is 0 Å². The van der Waals surface area contributed by atoms with Gasteiger partial charge in [-0.15, -0.1) is 0 Å². The summed E-state index contributed by atoms with van der Waals surface area (Å²) in [5.41, 5.74) is 0. The van der Waals surface area contributed by atoms with Gasteiger partial charge in [0.1, 0.15) is 5.76 Å². The van der Waals surface area contributed by atoms with E-state index in [1.807, 2.05) is 19.1 Å². The average molecular weight is 219 g/mol. The first kappa shape index (κ1) is 10.5. The van der Waals surface area contributed by atoms with Crippen molar-refractivity contribution in [2.45, 2.75) is 19.4 Å². The summed E-state index contributed by atoms with van der Waals surface area (Å²) in [6, 6.07) is 7.04. The summed E-state index contributed by atoms with van der Waals surface area (Å²) in [7, 11) is 0. The van der Waals surface area contributed by atoms with Gasteiger partial charge in [0.05, 0.1) is 12.5 Å². The Labute approximate surface area is 93.2 Å². The lowest BCUT2D eigenvalue weighted by Gasteiger charge is -2.10. The maximum absolute atomic E-state index is 11.6. The number of carbonyl (C=O) groups excluding carboxylic acids is 1. The lowest BCUT2D eigenvalue weighted by Crippen LogP contribution is -2.33. The summed E-state index contributed by atoms with van der Waals surface area (Å²) < 4.78 is 10.2. The quantitative estimate of drug-likeness (QED) is 0.857. The number of carbonyl (C=O) groups is 1. The van der Waals surface area contributed by atoms with Crippen LogP contribution in [0.5, 0.6) is 0 Å². The van der Waals surface area contributed by atoms with Crippen LogP contribution in [-0.4, -0.2) is 11.9 Å². The smallest absolute Gasteiger partial charge is 0.287 e. The van der Waals surface area contributed by atoms with E-state index in [4.69, 9.17) is 8.83 Å². The molecule has 0 aliphatic carbocycles. The first-order valence-corrected chi connectivity index (χ1v) is 5.12. The molecule has 0 unspecified atom stereocenters. The molecule has 0 radical (unpaired) electrons. The first-order chi connectivity index (χ1) is 7.75. The van der Waals surface area contributed by atoms with Crippen LogP contribution in [0.25, 0.3) is 0 Å². The molecule has 2 aromatic heterocycles. The van der Waals surface area contributed by atoms with Crippen molar-refractivity contribution in [2.75, 3.05) is 0 Å². The summed E-state index contributed by atoms with van der Waals surface area (Å²) in [6.45, 7) is 1.92. The Bertz CT molecular complexity index is 431. The van der Waals surface area contributed by atoms with Crippen LogP contribution in [0.4, 0.5) is 0 Å². The number of hydrogen-bond donors (Lipinski definition) is 1. The van der Waals surface area contributed by atoms with Gasteiger partial charge in [-0.1, -0.05) is 0 Å². The standard InChI is InChI=1S/C12H13NO3/c1-9(8-10-4-2-6-15-10)13-12(14)11-5-3-7-16-11/h2-7,9H,8H2,1H3,(H,13,14)/t9-/m0/s1. The van der Waals surface area contributed by atoms with Crippen LogP contribution in [0.3, 0.4) is 0 Å². The van der Waals surface area contributed by atoms with Crippen molar-refractivity contribution in [3.05, 3.63) is 48.3 Å². The van der Waals surface area contributed by atoms with Crippen LogP contribution >= 0.6 is 0 Å². The van der Waals surface area contributed by atoms with E-state index in [0.717, 1.165) is 5.76 Å². The molecule has 2 aromatic rings. The molecule has 0 aliphatic heterocycles. The van der Waals surface area contributed by atoms with Gasteiger partial charge in [-0.25, -0.2) is 0 Å². The van der Waals surface area contributed by atoms with Crippen molar-refractivity contribution < 1.29 is 13.6 Å². The molecule has 1 N–H and O–H groups in total. The number of amides is 1. The number of rotatable bonds is 4. The van der Waals surface area contributed by atoms with Gasteiger partial charge in [0.2, 0.25) is 0 Å². The zero-order valence-corrected chi connectivity index (χ0v) is 8.97. The molecule has 4 nitrogen and oxygen atoms in total. The zero-order chi connectivity index (χ0) is 11.4. The van der Waals surface area contributed by atoms with E-state index in [1.54, 1.807) is 18.4 Å². The molecule has 16 heavy (non-hydrogen) atoms. The van der Waals surface area contributed by atoms with E-state index in [1.165, 1.54) is 6.26 Å². The topological polar surface area (TPSA) is 55.4 Å². The molecule has 0 spiro atoms. The summed E-state index contributed by atoms with van der Waals surface area (Å²) in [4.78, 5) is 11.6. The van der Waals surface area contributed by atoms with Gasteiger partial charge in [-0.2, -0.15) is 0 Å². The second-order valence-electron chi connectivity index (χ2n) is 3.64. The SMILES string of the molecule is C[C@@H](Cc1ccco1)NC(=O)c1ccco1. The fourth-order valence-electron chi connectivity index (χ4n) is 1.48.